The Morgan fingerprint density at radius 1 is 1.13 bits per heavy atom. The van der Waals surface area contributed by atoms with E-state index in [1.165, 1.54) is 25.9 Å². The smallest absolute Gasteiger partial charge is 0.321 e. The molecule has 2 fully saturated rings. The number of aliphatic imine (C=N–C) groups is 1. The molecule has 2 amide bonds. The summed E-state index contributed by atoms with van der Waals surface area (Å²) in [5.74, 6) is 1.70. The molecule has 0 aromatic heterocycles. The molecule has 1 aromatic rings. The van der Waals surface area contributed by atoms with Crippen LogP contribution in [0.15, 0.2) is 29.3 Å². The molecule has 30 heavy (non-hydrogen) atoms. The third-order valence-corrected chi connectivity index (χ3v) is 6.07. The Bertz CT molecular complexity index is 693. The van der Waals surface area contributed by atoms with Gasteiger partial charge in [-0.2, -0.15) is 0 Å². The van der Waals surface area contributed by atoms with E-state index in [9.17, 15) is 4.79 Å². The summed E-state index contributed by atoms with van der Waals surface area (Å²) in [7, 11) is 1.80. The average Bonchev–Trinajstić information content (AvgIpc) is 3.30. The molecule has 2 saturated heterocycles. The fraction of sp³-hybridized carbons (Fsp3) is 0.652. The molecule has 0 saturated carbocycles. The van der Waals surface area contributed by atoms with E-state index in [-0.39, 0.29) is 6.03 Å². The fourth-order valence-electron chi connectivity index (χ4n) is 4.08. The van der Waals surface area contributed by atoms with Crippen LogP contribution in [0.5, 0.6) is 0 Å². The number of guanidine groups is 1. The molecule has 0 bridgehead atoms. The Morgan fingerprint density at radius 3 is 2.63 bits per heavy atom. The van der Waals surface area contributed by atoms with E-state index in [1.807, 2.05) is 23.1 Å². The van der Waals surface area contributed by atoms with Crippen molar-refractivity contribution in [1.82, 2.24) is 20.4 Å². The number of piperidine rings is 1. The number of hydrogen-bond donors (Lipinski definition) is 3. The lowest BCUT2D eigenvalue weighted by molar-refractivity contribution is 0.191. The Balaban J connectivity index is 1.36. The highest BCUT2D eigenvalue weighted by Crippen LogP contribution is 2.16. The highest BCUT2D eigenvalue weighted by atomic mass is 16.2. The average molecular weight is 415 g/mol. The Labute approximate surface area is 181 Å². The minimum atomic E-state index is -0.00162. The van der Waals surface area contributed by atoms with Gasteiger partial charge in [0.25, 0.3) is 0 Å². The molecule has 3 rings (SSSR count). The summed E-state index contributed by atoms with van der Waals surface area (Å²) < 4.78 is 0. The maximum atomic E-state index is 12.3. The minimum absolute atomic E-state index is 0.00162. The van der Waals surface area contributed by atoms with Gasteiger partial charge in [-0.1, -0.05) is 19.1 Å². The van der Waals surface area contributed by atoms with Crippen LogP contribution in [0.4, 0.5) is 10.5 Å². The zero-order valence-corrected chi connectivity index (χ0v) is 18.6. The predicted octanol–water partition coefficient (Wildman–Crippen LogP) is 3.10. The highest BCUT2D eigenvalue weighted by Gasteiger charge is 2.18. The number of carbonyl (C=O) groups is 1. The Morgan fingerprint density at radius 2 is 1.90 bits per heavy atom. The van der Waals surface area contributed by atoms with E-state index in [2.05, 4.69) is 38.8 Å². The number of nitrogens with zero attached hydrogens (tertiary/aromatic N) is 3. The first-order valence-electron chi connectivity index (χ1n) is 11.5. The molecular formula is C23H38N6O. The number of amides is 2. The molecule has 0 aliphatic carbocycles. The lowest BCUT2D eigenvalue weighted by atomic mass is 9.99. The summed E-state index contributed by atoms with van der Waals surface area (Å²) in [6, 6.07) is 7.99. The lowest BCUT2D eigenvalue weighted by Crippen LogP contribution is -2.39. The van der Waals surface area contributed by atoms with Crippen molar-refractivity contribution in [2.75, 3.05) is 51.6 Å². The number of benzene rings is 1. The monoisotopic (exact) mass is 414 g/mol. The minimum Gasteiger partial charge on any atom is -0.356 e. The molecule has 0 unspecified atom stereocenters. The number of hydrogen-bond acceptors (Lipinski definition) is 3. The number of rotatable bonds is 7. The van der Waals surface area contributed by atoms with Crippen molar-refractivity contribution in [3.8, 4) is 0 Å². The van der Waals surface area contributed by atoms with Gasteiger partial charge in [-0.3, -0.25) is 4.99 Å². The van der Waals surface area contributed by atoms with E-state index in [4.69, 9.17) is 0 Å². The summed E-state index contributed by atoms with van der Waals surface area (Å²) in [6.07, 6.45) is 5.97. The van der Waals surface area contributed by atoms with Gasteiger partial charge in [-0.25, -0.2) is 4.79 Å². The van der Waals surface area contributed by atoms with Crippen LogP contribution in [-0.2, 0) is 6.54 Å². The predicted molar refractivity (Wildman–Crippen MR) is 124 cm³/mol. The quantitative estimate of drug-likeness (QED) is 0.364. The van der Waals surface area contributed by atoms with Gasteiger partial charge in [0, 0.05) is 38.9 Å². The molecule has 2 aliphatic rings. The highest BCUT2D eigenvalue weighted by molar-refractivity contribution is 5.89. The van der Waals surface area contributed by atoms with Crippen molar-refractivity contribution in [3.05, 3.63) is 29.8 Å². The van der Waals surface area contributed by atoms with Crippen molar-refractivity contribution in [1.29, 1.82) is 0 Å². The van der Waals surface area contributed by atoms with Crippen LogP contribution in [-0.4, -0.2) is 68.1 Å². The largest absolute Gasteiger partial charge is 0.356 e. The Kier molecular flexibility index (Phi) is 8.81. The summed E-state index contributed by atoms with van der Waals surface area (Å²) >= 11 is 0. The fourth-order valence-corrected chi connectivity index (χ4v) is 4.08. The Hall–Kier alpha value is -2.28. The summed E-state index contributed by atoms with van der Waals surface area (Å²) in [6.45, 7) is 9.26. The molecule has 0 spiro atoms. The maximum Gasteiger partial charge on any atom is 0.321 e. The van der Waals surface area contributed by atoms with Gasteiger partial charge in [0.05, 0.1) is 0 Å². The van der Waals surface area contributed by atoms with Crippen molar-refractivity contribution in [2.45, 2.75) is 45.6 Å². The van der Waals surface area contributed by atoms with Gasteiger partial charge >= 0.3 is 6.03 Å². The maximum absolute atomic E-state index is 12.3. The molecule has 1 aromatic carbocycles. The molecule has 7 heteroatoms. The van der Waals surface area contributed by atoms with Crippen LogP contribution in [0.1, 0.15) is 44.6 Å². The van der Waals surface area contributed by atoms with Gasteiger partial charge < -0.3 is 25.8 Å². The molecule has 2 heterocycles. The first-order chi connectivity index (χ1) is 14.6. The summed E-state index contributed by atoms with van der Waals surface area (Å²) in [5.41, 5.74) is 1.95. The van der Waals surface area contributed by atoms with Crippen molar-refractivity contribution >= 4 is 17.7 Å². The zero-order chi connectivity index (χ0) is 21.2. The van der Waals surface area contributed by atoms with Crippen LogP contribution in [0.25, 0.3) is 0 Å². The molecule has 0 radical (unpaired) electrons. The molecular weight excluding hydrogens is 376 g/mol. The summed E-state index contributed by atoms with van der Waals surface area (Å²) in [5, 5.41) is 9.79. The van der Waals surface area contributed by atoms with E-state index in [0.717, 1.165) is 68.6 Å². The summed E-state index contributed by atoms with van der Waals surface area (Å²) in [4.78, 5) is 21.1. The van der Waals surface area contributed by atoms with E-state index >= 15 is 0 Å². The molecule has 2 aliphatic heterocycles. The van der Waals surface area contributed by atoms with Crippen LogP contribution < -0.4 is 16.0 Å². The van der Waals surface area contributed by atoms with E-state index in [1.54, 1.807) is 7.05 Å². The first-order valence-corrected chi connectivity index (χ1v) is 11.5. The molecule has 7 nitrogen and oxygen atoms in total. The second kappa shape index (κ2) is 11.8. The SMILES string of the molecule is CN=C(NCCCN1CCC(C)CC1)NCc1cccc(NC(=O)N2CCCC2)c1. The standard InChI is InChI=1S/C23H38N6O/c1-19-9-15-28(16-10-19)12-6-11-25-22(24-2)26-18-20-7-5-8-21(17-20)27-23(30)29-13-3-4-14-29/h5,7-8,17,19H,3-4,6,9-16,18H2,1-2H3,(H,27,30)(H2,24,25,26). The number of likely N-dealkylation sites (tertiary alicyclic amines) is 2. The van der Waals surface area contributed by atoms with Crippen LogP contribution in [0.3, 0.4) is 0 Å². The van der Waals surface area contributed by atoms with Crippen LogP contribution in [0.2, 0.25) is 0 Å². The zero-order valence-electron chi connectivity index (χ0n) is 18.6. The number of carbonyl (C=O) groups excluding carboxylic acids is 1. The van der Waals surface area contributed by atoms with Crippen molar-refractivity contribution in [2.24, 2.45) is 10.9 Å². The van der Waals surface area contributed by atoms with Gasteiger partial charge in [-0.15, -0.1) is 0 Å². The second-order valence-corrected chi connectivity index (χ2v) is 8.55. The number of urea groups is 1. The van der Waals surface area contributed by atoms with Crippen molar-refractivity contribution < 1.29 is 4.79 Å². The molecule has 3 N–H and O–H groups in total. The molecule has 0 atom stereocenters. The van der Waals surface area contributed by atoms with E-state index < -0.39 is 0 Å². The van der Waals surface area contributed by atoms with Crippen LogP contribution in [0, 0.1) is 5.92 Å². The van der Waals surface area contributed by atoms with Gasteiger partial charge in [0.15, 0.2) is 5.96 Å². The topological polar surface area (TPSA) is 72.0 Å². The second-order valence-electron chi connectivity index (χ2n) is 8.55. The van der Waals surface area contributed by atoms with Crippen LogP contribution >= 0.6 is 0 Å². The van der Waals surface area contributed by atoms with Gasteiger partial charge in [0.1, 0.15) is 0 Å². The van der Waals surface area contributed by atoms with Gasteiger partial charge in [0.2, 0.25) is 0 Å². The first kappa shape index (κ1) is 22.4. The van der Waals surface area contributed by atoms with Gasteiger partial charge in [-0.05, 0) is 75.4 Å². The molecule has 166 valence electrons. The third-order valence-electron chi connectivity index (χ3n) is 6.07. The number of anilines is 1. The third kappa shape index (κ3) is 7.20. The number of nitrogens with one attached hydrogen (secondary N) is 3. The van der Waals surface area contributed by atoms with E-state index in [0.29, 0.717) is 6.54 Å². The van der Waals surface area contributed by atoms with Crippen molar-refractivity contribution in [3.63, 3.8) is 0 Å². The lowest BCUT2D eigenvalue weighted by Gasteiger charge is -2.30. The normalized spacial score (nSPS) is 18.5.